The van der Waals surface area contributed by atoms with E-state index < -0.39 is 5.97 Å². The smallest absolute Gasteiger partial charge is 0.306 e. The van der Waals surface area contributed by atoms with Crippen LogP contribution in [0.4, 0.5) is 0 Å². The highest BCUT2D eigenvalue weighted by molar-refractivity contribution is 5.95. The molecule has 1 aromatic heterocycles. The molecule has 0 unspecified atom stereocenters. The Kier molecular flexibility index (Phi) is 3.41. The van der Waals surface area contributed by atoms with E-state index in [2.05, 4.69) is 5.32 Å². The number of hydrogen-bond acceptors (Lipinski definition) is 3. The maximum Gasteiger partial charge on any atom is 0.306 e. The molecule has 0 atom stereocenters. The fraction of sp³-hybridized carbons (Fsp3) is 0.538. The summed E-state index contributed by atoms with van der Waals surface area (Å²) in [4.78, 5) is 22.6. The number of furan rings is 1. The van der Waals surface area contributed by atoms with Crippen LogP contribution in [-0.2, 0) is 4.79 Å². The van der Waals surface area contributed by atoms with Gasteiger partial charge in [-0.2, -0.15) is 0 Å². The minimum atomic E-state index is -0.785. The predicted molar refractivity (Wildman–Crippen MR) is 64.4 cm³/mol. The minimum absolute atomic E-state index is 0.0338. The molecule has 5 heteroatoms. The van der Waals surface area contributed by atoms with Crippen molar-refractivity contribution in [3.8, 4) is 0 Å². The van der Waals surface area contributed by atoms with E-state index >= 15 is 0 Å². The second-order valence-electron chi connectivity index (χ2n) is 5.03. The Bertz CT molecular complexity index is 457. The zero-order chi connectivity index (χ0) is 13.3. The first kappa shape index (κ1) is 12.7. The quantitative estimate of drug-likeness (QED) is 0.857. The molecule has 1 aliphatic rings. The van der Waals surface area contributed by atoms with E-state index in [1.165, 1.54) is 6.26 Å². The van der Waals surface area contributed by atoms with Gasteiger partial charge >= 0.3 is 5.97 Å². The van der Waals surface area contributed by atoms with Crippen LogP contribution in [0.3, 0.4) is 0 Å². The van der Waals surface area contributed by atoms with Crippen LogP contribution in [0.2, 0.25) is 0 Å². The van der Waals surface area contributed by atoms with Gasteiger partial charge in [-0.25, -0.2) is 0 Å². The molecule has 0 bridgehead atoms. The molecule has 1 amide bonds. The fourth-order valence-corrected chi connectivity index (χ4v) is 2.16. The molecular formula is C13H17NO4. The van der Waals surface area contributed by atoms with Crippen molar-refractivity contribution in [1.29, 1.82) is 0 Å². The fourth-order valence-electron chi connectivity index (χ4n) is 2.16. The van der Waals surface area contributed by atoms with Gasteiger partial charge in [0.2, 0.25) is 0 Å². The number of aliphatic carboxylic acids is 1. The van der Waals surface area contributed by atoms with Crippen molar-refractivity contribution in [3.63, 3.8) is 0 Å². The van der Waals surface area contributed by atoms with Gasteiger partial charge in [-0.1, -0.05) is 13.8 Å². The summed E-state index contributed by atoms with van der Waals surface area (Å²) >= 11 is 0. The zero-order valence-electron chi connectivity index (χ0n) is 10.5. The highest BCUT2D eigenvalue weighted by atomic mass is 16.4. The van der Waals surface area contributed by atoms with Crippen LogP contribution in [0.5, 0.6) is 0 Å². The number of carbonyl (C=O) groups excluding carboxylic acids is 1. The molecule has 98 valence electrons. The average Bonchev–Trinajstić information content (AvgIpc) is 2.70. The highest BCUT2D eigenvalue weighted by Gasteiger charge is 2.35. The second kappa shape index (κ2) is 4.84. The molecule has 1 saturated carbocycles. The number of carboxylic acid groups (broad SMARTS) is 1. The molecule has 1 fully saturated rings. The second-order valence-corrected chi connectivity index (χ2v) is 5.03. The predicted octanol–water partition coefficient (Wildman–Crippen LogP) is 2.00. The number of amides is 1. The maximum absolute atomic E-state index is 12.0. The van der Waals surface area contributed by atoms with Crippen LogP contribution in [0.25, 0.3) is 0 Å². The van der Waals surface area contributed by atoms with Gasteiger partial charge in [-0.05, 0) is 18.9 Å². The van der Waals surface area contributed by atoms with Crippen LogP contribution in [0, 0.1) is 5.92 Å². The van der Waals surface area contributed by atoms with Crippen molar-refractivity contribution in [3.05, 3.63) is 23.7 Å². The molecular weight excluding hydrogens is 234 g/mol. The third-order valence-electron chi connectivity index (χ3n) is 3.29. The maximum atomic E-state index is 12.0. The molecule has 0 saturated heterocycles. The van der Waals surface area contributed by atoms with Crippen molar-refractivity contribution in [2.24, 2.45) is 5.92 Å². The Labute approximate surface area is 105 Å². The van der Waals surface area contributed by atoms with Crippen LogP contribution in [-0.4, -0.2) is 23.0 Å². The molecule has 0 radical (unpaired) electrons. The summed E-state index contributed by atoms with van der Waals surface area (Å²) in [6.07, 6.45) is 2.52. The summed E-state index contributed by atoms with van der Waals surface area (Å²) in [5, 5.41) is 11.6. The zero-order valence-corrected chi connectivity index (χ0v) is 10.5. The largest absolute Gasteiger partial charge is 0.481 e. The Morgan fingerprint density at radius 2 is 2.11 bits per heavy atom. The Hall–Kier alpha value is -1.78. The number of rotatable bonds is 4. The van der Waals surface area contributed by atoms with Crippen LogP contribution < -0.4 is 5.32 Å². The molecule has 2 rings (SSSR count). The van der Waals surface area contributed by atoms with E-state index in [9.17, 15) is 9.59 Å². The van der Waals surface area contributed by atoms with Crippen LogP contribution in [0.1, 0.15) is 48.7 Å². The van der Waals surface area contributed by atoms with Crippen molar-refractivity contribution < 1.29 is 19.1 Å². The first-order valence-corrected chi connectivity index (χ1v) is 6.10. The number of carbonyl (C=O) groups is 2. The van der Waals surface area contributed by atoms with Gasteiger partial charge in [0, 0.05) is 12.0 Å². The van der Waals surface area contributed by atoms with Crippen LogP contribution >= 0.6 is 0 Å². The van der Waals surface area contributed by atoms with Gasteiger partial charge in [0.15, 0.2) is 0 Å². The lowest BCUT2D eigenvalue weighted by atomic mass is 9.80. The van der Waals surface area contributed by atoms with Gasteiger partial charge in [0.25, 0.3) is 5.91 Å². The number of carboxylic acids is 1. The van der Waals surface area contributed by atoms with Gasteiger partial charge < -0.3 is 14.8 Å². The van der Waals surface area contributed by atoms with Gasteiger partial charge in [-0.15, -0.1) is 0 Å². The standard InChI is InChI=1S/C13H17NO4/c1-7(2)11-10(3-4-18-11)12(15)14-9-5-8(6-9)13(16)17/h3-4,7-9H,5-6H2,1-2H3,(H,14,15)(H,16,17). The summed E-state index contributed by atoms with van der Waals surface area (Å²) < 4.78 is 5.28. The molecule has 0 aromatic carbocycles. The van der Waals surface area contributed by atoms with E-state index in [1.807, 2.05) is 13.8 Å². The lowest BCUT2D eigenvalue weighted by Gasteiger charge is -2.32. The molecule has 2 N–H and O–H groups in total. The minimum Gasteiger partial charge on any atom is -0.481 e. The topological polar surface area (TPSA) is 79.5 Å². The molecule has 18 heavy (non-hydrogen) atoms. The lowest BCUT2D eigenvalue weighted by Crippen LogP contribution is -2.46. The molecule has 1 heterocycles. The van der Waals surface area contributed by atoms with Crippen molar-refractivity contribution >= 4 is 11.9 Å². The molecule has 0 aliphatic heterocycles. The van der Waals surface area contributed by atoms with Crippen molar-refractivity contribution in [2.45, 2.75) is 38.6 Å². The van der Waals surface area contributed by atoms with Crippen molar-refractivity contribution in [2.75, 3.05) is 0 Å². The summed E-state index contributed by atoms with van der Waals surface area (Å²) in [5.41, 5.74) is 0.545. The number of nitrogens with one attached hydrogen (secondary N) is 1. The number of hydrogen-bond donors (Lipinski definition) is 2. The van der Waals surface area contributed by atoms with E-state index in [4.69, 9.17) is 9.52 Å². The van der Waals surface area contributed by atoms with Gasteiger partial charge in [-0.3, -0.25) is 9.59 Å². The Morgan fingerprint density at radius 3 is 2.67 bits per heavy atom. The monoisotopic (exact) mass is 251 g/mol. The average molecular weight is 251 g/mol. The first-order chi connectivity index (χ1) is 8.49. The third kappa shape index (κ3) is 2.39. The Morgan fingerprint density at radius 1 is 1.44 bits per heavy atom. The van der Waals surface area contributed by atoms with E-state index in [-0.39, 0.29) is 23.8 Å². The summed E-state index contributed by atoms with van der Waals surface area (Å²) in [6, 6.07) is 1.62. The van der Waals surface area contributed by atoms with E-state index in [0.717, 1.165) is 0 Å². The van der Waals surface area contributed by atoms with E-state index in [1.54, 1.807) is 6.07 Å². The lowest BCUT2D eigenvalue weighted by molar-refractivity contribution is -0.145. The first-order valence-electron chi connectivity index (χ1n) is 6.10. The van der Waals surface area contributed by atoms with Crippen LogP contribution in [0.15, 0.2) is 16.7 Å². The summed E-state index contributed by atoms with van der Waals surface area (Å²) in [6.45, 7) is 3.92. The van der Waals surface area contributed by atoms with Crippen molar-refractivity contribution in [1.82, 2.24) is 5.32 Å². The van der Waals surface area contributed by atoms with Gasteiger partial charge in [0.05, 0.1) is 17.7 Å². The highest BCUT2D eigenvalue weighted by Crippen LogP contribution is 2.28. The molecule has 1 aromatic rings. The molecule has 1 aliphatic carbocycles. The van der Waals surface area contributed by atoms with Gasteiger partial charge in [0.1, 0.15) is 5.76 Å². The SMILES string of the molecule is CC(C)c1occc1C(=O)NC1CC(C(=O)O)C1. The van der Waals surface area contributed by atoms with E-state index in [0.29, 0.717) is 24.2 Å². The third-order valence-corrected chi connectivity index (χ3v) is 3.29. The Balaban J connectivity index is 1.93. The normalized spacial score (nSPS) is 22.6. The summed E-state index contributed by atoms with van der Waals surface area (Å²) in [7, 11) is 0. The summed E-state index contributed by atoms with van der Waals surface area (Å²) in [5.74, 6) is -0.465. The molecule has 0 spiro atoms. The molecule has 5 nitrogen and oxygen atoms in total.